The van der Waals surface area contributed by atoms with Gasteiger partial charge in [0.05, 0.1) is 23.4 Å². The number of carbonyl (C=O) groups excluding carboxylic acids is 1. The Morgan fingerprint density at radius 2 is 1.72 bits per heavy atom. The van der Waals surface area contributed by atoms with Gasteiger partial charge in [-0.15, -0.1) is 0 Å². The van der Waals surface area contributed by atoms with E-state index in [1.54, 1.807) is 32.6 Å². The first-order chi connectivity index (χ1) is 16.6. The number of hydrogen-bond acceptors (Lipinski definition) is 5. The lowest BCUT2D eigenvalue weighted by Gasteiger charge is -2.45. The number of nitrogens with one attached hydrogen (secondary N) is 1. The minimum absolute atomic E-state index is 0.223. The van der Waals surface area contributed by atoms with E-state index in [9.17, 15) is 18.3 Å². The number of nitrogens with zero attached hydrogens (tertiary/aromatic N) is 1. The minimum Gasteiger partial charge on any atom is -0.438 e. The maximum atomic E-state index is 13.2. The lowest BCUT2D eigenvalue weighted by Crippen LogP contribution is -2.51. The Morgan fingerprint density at radius 3 is 2.25 bits per heavy atom. The van der Waals surface area contributed by atoms with Gasteiger partial charge in [0, 0.05) is 24.9 Å². The van der Waals surface area contributed by atoms with Crippen LogP contribution in [0.4, 0.5) is 4.79 Å². The fraction of sp³-hybridized carbons (Fsp3) is 0.464. The van der Waals surface area contributed by atoms with E-state index in [2.05, 4.69) is 16.6 Å². The molecular formula is C28H36N2O5S. The second-order valence-corrected chi connectivity index (χ2v) is 12.5. The molecule has 8 heteroatoms. The molecule has 0 aliphatic carbocycles. The quantitative estimate of drug-likeness (QED) is 0.539. The summed E-state index contributed by atoms with van der Waals surface area (Å²) in [5.74, 6) is 5.96. The van der Waals surface area contributed by atoms with Crippen LogP contribution in [0.15, 0.2) is 54.6 Å². The molecule has 0 aromatic heterocycles. The van der Waals surface area contributed by atoms with Crippen molar-refractivity contribution < 1.29 is 23.1 Å². The maximum Gasteiger partial charge on any atom is 0.411 e. The number of amides is 1. The van der Waals surface area contributed by atoms with Crippen LogP contribution in [0, 0.1) is 11.8 Å². The average molecular weight is 513 g/mol. The van der Waals surface area contributed by atoms with Crippen molar-refractivity contribution in [2.45, 2.75) is 70.2 Å². The van der Waals surface area contributed by atoms with Crippen LogP contribution in [0.5, 0.6) is 0 Å². The molecule has 194 valence electrons. The van der Waals surface area contributed by atoms with Gasteiger partial charge < -0.3 is 14.7 Å². The molecule has 1 saturated heterocycles. The van der Waals surface area contributed by atoms with E-state index in [1.165, 1.54) is 0 Å². The summed E-state index contributed by atoms with van der Waals surface area (Å²) in [6.45, 7) is 9.29. The van der Waals surface area contributed by atoms with Gasteiger partial charge in [0.2, 0.25) is 10.0 Å². The Bertz CT molecular complexity index is 1240. The molecular weight excluding hydrogens is 476 g/mol. The lowest BCUT2D eigenvalue weighted by molar-refractivity contribution is -0.101. The minimum atomic E-state index is -3.37. The molecule has 0 unspecified atom stereocenters. The number of carbonyl (C=O) groups is 1. The number of hydrogen-bond donors (Lipinski definition) is 2. The molecule has 2 aromatic rings. The molecule has 3 rings (SSSR count). The summed E-state index contributed by atoms with van der Waals surface area (Å²) in [5, 5.41) is 10.6. The molecule has 1 aliphatic rings. The zero-order valence-corrected chi connectivity index (χ0v) is 22.6. The van der Waals surface area contributed by atoms with Crippen molar-refractivity contribution in [3.63, 3.8) is 0 Å². The summed E-state index contributed by atoms with van der Waals surface area (Å²) in [6.07, 6.45) is 1.55. The zero-order valence-electron chi connectivity index (χ0n) is 21.8. The Morgan fingerprint density at radius 1 is 1.11 bits per heavy atom. The van der Waals surface area contributed by atoms with E-state index in [0.29, 0.717) is 19.4 Å². The van der Waals surface area contributed by atoms with Gasteiger partial charge in [-0.05, 0) is 57.9 Å². The Balaban J connectivity index is 1.75. The topological polar surface area (TPSA) is 95.9 Å². The summed E-state index contributed by atoms with van der Waals surface area (Å²) in [4.78, 5) is 14.9. The largest absolute Gasteiger partial charge is 0.438 e. The number of sulfonamides is 1. The predicted octanol–water partition coefficient (Wildman–Crippen LogP) is 4.33. The van der Waals surface area contributed by atoms with Crippen molar-refractivity contribution in [3.8, 4) is 11.8 Å². The van der Waals surface area contributed by atoms with Crippen LogP contribution in [0.2, 0.25) is 0 Å². The second-order valence-electron chi connectivity index (χ2n) is 10.7. The fourth-order valence-corrected chi connectivity index (χ4v) is 5.61. The molecule has 2 N–H and O–H groups in total. The van der Waals surface area contributed by atoms with Crippen molar-refractivity contribution in [1.82, 2.24) is 9.62 Å². The van der Waals surface area contributed by atoms with Crippen LogP contribution in [0.3, 0.4) is 0 Å². The molecule has 0 bridgehead atoms. The van der Waals surface area contributed by atoms with Crippen LogP contribution in [0.1, 0.15) is 70.2 Å². The molecule has 0 radical (unpaired) electrons. The Labute approximate surface area is 214 Å². The van der Waals surface area contributed by atoms with Crippen LogP contribution in [-0.4, -0.2) is 48.5 Å². The highest BCUT2D eigenvalue weighted by Gasteiger charge is 2.46. The third-order valence-electron chi connectivity index (χ3n) is 6.11. The zero-order chi connectivity index (χ0) is 26.8. The molecule has 1 aliphatic heterocycles. The smallest absolute Gasteiger partial charge is 0.411 e. The molecule has 7 nitrogen and oxygen atoms in total. The molecule has 0 saturated carbocycles. The van der Waals surface area contributed by atoms with Crippen molar-refractivity contribution in [1.29, 1.82) is 0 Å². The van der Waals surface area contributed by atoms with E-state index in [-0.39, 0.29) is 6.04 Å². The van der Waals surface area contributed by atoms with E-state index in [4.69, 9.17) is 4.74 Å². The van der Waals surface area contributed by atoms with Gasteiger partial charge in [-0.2, -0.15) is 4.72 Å². The fourth-order valence-electron chi connectivity index (χ4n) is 4.63. The Kier molecular flexibility index (Phi) is 7.89. The number of benzene rings is 2. The van der Waals surface area contributed by atoms with Crippen LogP contribution >= 0.6 is 0 Å². The van der Waals surface area contributed by atoms with Gasteiger partial charge in [0.1, 0.15) is 5.60 Å². The summed E-state index contributed by atoms with van der Waals surface area (Å²) >= 11 is 0. The first-order valence-electron chi connectivity index (χ1n) is 12.0. The molecule has 1 fully saturated rings. The van der Waals surface area contributed by atoms with Crippen molar-refractivity contribution in [3.05, 3.63) is 71.3 Å². The van der Waals surface area contributed by atoms with Gasteiger partial charge in [-0.3, -0.25) is 0 Å². The maximum absolute atomic E-state index is 13.2. The summed E-state index contributed by atoms with van der Waals surface area (Å²) in [5.41, 5.74) is -0.245. The van der Waals surface area contributed by atoms with Gasteiger partial charge in [0.25, 0.3) is 0 Å². The highest BCUT2D eigenvalue weighted by Crippen LogP contribution is 2.42. The third kappa shape index (κ3) is 7.33. The second kappa shape index (κ2) is 10.3. The Hall–Kier alpha value is -2.86. The van der Waals surface area contributed by atoms with Crippen LogP contribution in [-0.2, 0) is 20.4 Å². The van der Waals surface area contributed by atoms with Crippen molar-refractivity contribution in [2.24, 2.45) is 0 Å². The van der Waals surface area contributed by atoms with Gasteiger partial charge in [-0.25, -0.2) is 13.2 Å². The summed E-state index contributed by atoms with van der Waals surface area (Å²) < 4.78 is 31.6. The number of aliphatic hydroxyl groups is 1. The standard InChI is InChI=1S/C28H36N2O5S/c1-21(23-14-12-22(13-15-23)16-17-26(2,3)29-36(6,33)34)30-19-18-28(35-25(30)31,20-27(4,5)32)24-10-8-7-9-11-24/h7-15,21,29,32H,18-20H2,1-6H3/t21-,28-/m0/s1. The summed E-state index contributed by atoms with van der Waals surface area (Å²) in [7, 11) is -3.37. The molecule has 1 amide bonds. The number of rotatable bonds is 7. The van der Waals surface area contributed by atoms with E-state index in [0.717, 1.165) is 22.9 Å². The van der Waals surface area contributed by atoms with Crippen molar-refractivity contribution in [2.75, 3.05) is 12.8 Å². The van der Waals surface area contributed by atoms with E-state index in [1.807, 2.05) is 61.5 Å². The lowest BCUT2D eigenvalue weighted by atomic mass is 9.80. The molecule has 0 spiro atoms. The highest BCUT2D eigenvalue weighted by molar-refractivity contribution is 7.88. The number of cyclic esters (lactones) is 1. The van der Waals surface area contributed by atoms with Gasteiger partial charge in [0.15, 0.2) is 0 Å². The van der Waals surface area contributed by atoms with Crippen LogP contribution < -0.4 is 4.72 Å². The van der Waals surface area contributed by atoms with Crippen LogP contribution in [0.25, 0.3) is 0 Å². The summed E-state index contributed by atoms with van der Waals surface area (Å²) in [6, 6.07) is 16.9. The van der Waals surface area contributed by atoms with Crippen molar-refractivity contribution >= 4 is 16.1 Å². The van der Waals surface area contributed by atoms with Gasteiger partial charge >= 0.3 is 6.09 Å². The average Bonchev–Trinajstić information content (AvgIpc) is 2.76. The SMILES string of the molecule is C[C@@H](c1ccc(C#CC(C)(C)NS(C)(=O)=O)cc1)N1CC[C@](CC(C)(C)O)(c2ccccc2)OC1=O. The first kappa shape index (κ1) is 27.7. The third-order valence-corrected chi connectivity index (χ3v) is 6.99. The molecule has 2 aromatic carbocycles. The van der Waals surface area contributed by atoms with E-state index < -0.39 is 32.9 Å². The predicted molar refractivity (Wildman–Crippen MR) is 141 cm³/mol. The highest BCUT2D eigenvalue weighted by atomic mass is 32.2. The molecule has 2 atom stereocenters. The van der Waals surface area contributed by atoms with Gasteiger partial charge in [-0.1, -0.05) is 54.3 Å². The molecule has 36 heavy (non-hydrogen) atoms. The normalized spacial score (nSPS) is 19.8. The monoisotopic (exact) mass is 512 g/mol. The first-order valence-corrected chi connectivity index (χ1v) is 13.9. The van der Waals surface area contributed by atoms with E-state index >= 15 is 0 Å². The number of ether oxygens (including phenoxy) is 1. The molecule has 1 heterocycles.